The molecule has 2 saturated heterocycles. The Hall–Kier alpha value is -9.20. The standard InChI is InChI=1S/C65H73Cl2N9O24/c1-22(2)44(70-5)58(88)75-48-50(82)25-7-10-36(31(66)13-25)96-38-15-27-16-39(54(38)100-64-55(53(85)52(84)40(21-77)98-64)99-42-20-65(4,69)56(86)23(3)95-42)97-37-11-8-26(14-32(37)67)51(83)49-62(92)74-47(63(93)94)30-17-28(78)18-35(80)43(30)29-12-24(6-9-34(29)79)45(59(89)76-49)73-60(90)46(27)72-57(87)33(19-41(68)81)71-61(48)91/h6-18,22-23,33,40,42,44-53,55-56,64,70,77-80,82-86H,19-21,69H2,1-5H3,(H2,68,81)(H,71,91)(H,72,87)(H,73,90)(H,74,92)(H,75,88)(H,76,89)(H,93,94)/t23-,33-,40+,42-,44+,45+,46+,47-,48+,49-,50+,51+,52+,53-,55+,56+,64-,65-/m0/s1. The van der Waals surface area contributed by atoms with Crippen LogP contribution in [0, 0.1) is 5.92 Å². The zero-order valence-corrected chi connectivity index (χ0v) is 55.1. The number of carbonyl (C=O) groups is 8. The lowest BCUT2D eigenvalue weighted by Gasteiger charge is -2.47. The average molecular weight is 1440 g/mol. The number of halogens is 2. The van der Waals surface area contributed by atoms with Crippen LogP contribution in [0.25, 0.3) is 11.1 Å². The summed E-state index contributed by atoms with van der Waals surface area (Å²) in [5, 5.41) is 130. The van der Waals surface area contributed by atoms with Crippen LogP contribution in [0.1, 0.15) is 98.7 Å². The van der Waals surface area contributed by atoms with Crippen molar-refractivity contribution >= 4 is 70.5 Å². The minimum atomic E-state index is -2.35. The van der Waals surface area contributed by atoms with Gasteiger partial charge in [-0.25, -0.2) is 4.79 Å². The Morgan fingerprint density at radius 3 is 1.89 bits per heavy atom. The first-order chi connectivity index (χ1) is 47.2. The van der Waals surface area contributed by atoms with Crippen LogP contribution in [-0.2, 0) is 52.6 Å². The molecule has 12 rings (SSSR count). The smallest absolute Gasteiger partial charge is 0.330 e. The molecule has 0 aromatic heterocycles. The van der Waals surface area contributed by atoms with Gasteiger partial charge in [0.05, 0.1) is 41.3 Å². The van der Waals surface area contributed by atoms with Gasteiger partial charge in [0.1, 0.15) is 89.5 Å². The number of aliphatic hydroxyl groups excluding tert-OH is 6. The number of aromatic hydroxyl groups is 3. The van der Waals surface area contributed by atoms with Gasteiger partial charge in [-0.2, -0.15) is 0 Å². The summed E-state index contributed by atoms with van der Waals surface area (Å²) in [6, 6.07) is -0.737. The van der Waals surface area contributed by atoms with Crippen LogP contribution in [0.5, 0.6) is 46.0 Å². The number of benzene rings is 5. The van der Waals surface area contributed by atoms with E-state index in [4.69, 9.17) is 63.1 Å². The Bertz CT molecular complexity index is 4060. The summed E-state index contributed by atoms with van der Waals surface area (Å²) < 4.78 is 38.3. The first kappa shape index (κ1) is 73.5. The molecule has 18 atom stereocenters. The molecule has 2 fully saturated rings. The minimum Gasteiger partial charge on any atom is -0.508 e. The van der Waals surface area contributed by atoms with Gasteiger partial charge in [-0.3, -0.25) is 33.6 Å². The highest BCUT2D eigenvalue weighted by Gasteiger charge is 2.51. The fourth-order valence-corrected chi connectivity index (χ4v) is 12.9. The van der Waals surface area contributed by atoms with Crippen molar-refractivity contribution in [3.8, 4) is 57.1 Å². The van der Waals surface area contributed by atoms with Gasteiger partial charge in [-0.15, -0.1) is 0 Å². The molecule has 0 saturated carbocycles. The fourth-order valence-electron chi connectivity index (χ4n) is 12.4. The summed E-state index contributed by atoms with van der Waals surface area (Å²) in [6.07, 6.45) is -18.8. The SMILES string of the molecule is CN[C@@H](C(=O)N[C@H]1C(=O)N[C@@H](CC(N)=O)C(=O)N[C@H]2C(=O)N[C@H]3C(=O)N[C@H](C(=O)N[C@H](C(=O)O)c4cc(O)cc(O)c4-c4cc3ccc4O)[C@H](O)c3ccc(c(Cl)c3)Oc3cc2cc(c3O[C@@H]2O[C@H](CO)[C@@H](O)[C@H](O)[C@H]2O[C@H]2C[C@](C)(N)[C@H](O)[C@H](C)O2)Oc2ccc(cc2Cl)[C@H]1O)C(C)C. The van der Waals surface area contributed by atoms with Crippen LogP contribution in [0.4, 0.5) is 0 Å². The number of carbonyl (C=O) groups excluding carboxylic acids is 7. The topological polar surface area (TPSA) is 530 Å². The second-order valence-corrected chi connectivity index (χ2v) is 26.1. The van der Waals surface area contributed by atoms with Gasteiger partial charge in [-0.05, 0) is 104 Å². The van der Waals surface area contributed by atoms with Crippen LogP contribution in [0.3, 0.4) is 0 Å². The maximum atomic E-state index is 16.0. The number of nitrogens with one attached hydrogen (secondary N) is 7. The van der Waals surface area contributed by atoms with Crippen LogP contribution in [0.2, 0.25) is 10.0 Å². The third-order valence-corrected chi connectivity index (χ3v) is 18.3. The number of aliphatic carboxylic acids is 1. The number of phenols is 3. The molecular weight excluding hydrogens is 1360 g/mol. The minimum absolute atomic E-state index is 0.166. The van der Waals surface area contributed by atoms with E-state index in [-0.39, 0.29) is 33.9 Å². The van der Waals surface area contributed by atoms with Gasteiger partial charge in [-0.1, -0.05) is 55.2 Å². The number of rotatable bonds is 12. The van der Waals surface area contributed by atoms with Crippen molar-refractivity contribution < 1.29 is 118 Å². The van der Waals surface area contributed by atoms with Crippen LogP contribution >= 0.6 is 23.2 Å². The molecule has 21 N–H and O–H groups in total. The number of ether oxygens (including phenoxy) is 6. The average Bonchev–Trinajstić information content (AvgIpc) is 0.773. The maximum Gasteiger partial charge on any atom is 0.330 e. The number of fused-ring (bicyclic) bond motifs is 15. The lowest BCUT2D eigenvalue weighted by molar-refractivity contribution is -0.333. The molecule has 5 aromatic rings. The summed E-state index contributed by atoms with van der Waals surface area (Å²) in [4.78, 5) is 117. The van der Waals surface area contributed by atoms with Crippen molar-refractivity contribution in [1.82, 2.24) is 37.2 Å². The Labute approximate surface area is 577 Å². The molecule has 7 aliphatic heterocycles. The van der Waals surface area contributed by atoms with Crippen molar-refractivity contribution in [3.05, 3.63) is 117 Å². The molecule has 100 heavy (non-hydrogen) atoms. The van der Waals surface area contributed by atoms with E-state index in [2.05, 4.69) is 37.2 Å². The first-order valence-electron chi connectivity index (χ1n) is 31.1. The zero-order valence-electron chi connectivity index (χ0n) is 53.6. The molecule has 33 nitrogen and oxygen atoms in total. The molecule has 0 unspecified atom stereocenters. The van der Waals surface area contributed by atoms with Crippen molar-refractivity contribution in [2.75, 3.05) is 13.7 Å². The van der Waals surface area contributed by atoms with Crippen LogP contribution in [-0.4, -0.2) is 191 Å². The van der Waals surface area contributed by atoms with Crippen molar-refractivity contribution in [2.24, 2.45) is 17.4 Å². The van der Waals surface area contributed by atoms with E-state index in [9.17, 15) is 75.0 Å². The van der Waals surface area contributed by atoms with Gasteiger partial charge in [0.2, 0.25) is 53.4 Å². The largest absolute Gasteiger partial charge is 0.508 e. The molecule has 0 spiro atoms. The number of nitrogens with two attached hydrogens (primary N) is 2. The molecule has 7 heterocycles. The summed E-state index contributed by atoms with van der Waals surface area (Å²) >= 11 is 14.1. The van der Waals surface area contributed by atoms with Crippen molar-refractivity contribution in [3.63, 3.8) is 0 Å². The van der Waals surface area contributed by atoms with Crippen molar-refractivity contribution in [2.45, 2.75) is 150 Å². The van der Waals surface area contributed by atoms with Gasteiger partial charge in [0, 0.05) is 34.7 Å². The van der Waals surface area contributed by atoms with Gasteiger partial charge in [0.15, 0.2) is 29.9 Å². The van der Waals surface area contributed by atoms with E-state index in [1.54, 1.807) is 13.8 Å². The number of primary amides is 1. The number of carboxylic acids is 1. The fraction of sp³-hybridized carbons (Fsp3) is 0.415. The number of amides is 7. The van der Waals surface area contributed by atoms with E-state index >= 15 is 14.4 Å². The lowest BCUT2D eigenvalue weighted by Crippen LogP contribution is -2.64. The van der Waals surface area contributed by atoms with Crippen LogP contribution in [0.15, 0.2) is 78.9 Å². The highest BCUT2D eigenvalue weighted by molar-refractivity contribution is 6.32. The predicted molar refractivity (Wildman–Crippen MR) is 345 cm³/mol. The molecule has 7 aliphatic rings. The zero-order chi connectivity index (χ0) is 72.8. The first-order valence-corrected chi connectivity index (χ1v) is 31.9. The summed E-state index contributed by atoms with van der Waals surface area (Å²) in [5.41, 5.74) is 7.98. The number of likely N-dealkylation sites (N-methyl/N-ethyl adjacent to an activating group) is 1. The molecule has 35 heteroatoms. The molecular formula is C65H73Cl2N9O24. The Kier molecular flexibility index (Phi) is 21.7. The summed E-state index contributed by atoms with van der Waals surface area (Å²) in [6.45, 7) is 5.37. The molecule has 536 valence electrons. The number of carboxylic acid groups (broad SMARTS) is 1. The van der Waals surface area contributed by atoms with E-state index in [1.165, 1.54) is 33.0 Å². The van der Waals surface area contributed by atoms with E-state index in [1.807, 2.05) is 0 Å². The van der Waals surface area contributed by atoms with Gasteiger partial charge in [0.25, 0.3) is 0 Å². The number of hydrogen-bond donors (Lipinski definition) is 19. The normalized spacial score (nSPS) is 29.6. The Balaban J connectivity index is 1.24. The summed E-state index contributed by atoms with van der Waals surface area (Å²) in [7, 11) is 1.46. The highest BCUT2D eigenvalue weighted by Crippen LogP contribution is 2.50. The van der Waals surface area contributed by atoms with E-state index in [0.717, 1.165) is 66.7 Å². The number of phenolic OH excluding ortho intramolecular Hbond substituents is 3. The van der Waals surface area contributed by atoms with Crippen molar-refractivity contribution in [1.29, 1.82) is 0 Å². The maximum absolute atomic E-state index is 16.0. The third-order valence-electron chi connectivity index (χ3n) is 17.7. The number of hydrogen-bond acceptors (Lipinski definition) is 25. The quantitative estimate of drug-likeness (QED) is 0.0763. The van der Waals surface area contributed by atoms with Gasteiger partial charge >= 0.3 is 5.97 Å². The second kappa shape index (κ2) is 29.6. The Morgan fingerprint density at radius 1 is 0.710 bits per heavy atom. The lowest BCUT2D eigenvalue weighted by atomic mass is 9.86. The molecule has 7 amide bonds. The molecule has 0 radical (unpaired) electrons. The van der Waals surface area contributed by atoms with E-state index < -0.39 is 243 Å². The molecule has 5 aromatic carbocycles. The summed E-state index contributed by atoms with van der Waals surface area (Å²) in [5.74, 6) is -16.4. The van der Waals surface area contributed by atoms with Crippen LogP contribution < -0.4 is 62.9 Å². The molecule has 11 bridgehead atoms. The Morgan fingerprint density at radius 2 is 1.31 bits per heavy atom. The predicted octanol–water partition coefficient (Wildman–Crippen LogP) is -0.284. The van der Waals surface area contributed by atoms with E-state index in [0.29, 0.717) is 0 Å². The van der Waals surface area contributed by atoms with Gasteiger partial charge < -0.3 is 128 Å². The number of aliphatic hydroxyl groups is 6. The monoisotopic (exact) mass is 1430 g/mol. The molecule has 0 aliphatic carbocycles. The third kappa shape index (κ3) is 15.1. The second-order valence-electron chi connectivity index (χ2n) is 25.3. The highest BCUT2D eigenvalue weighted by atomic mass is 35.5.